The molecule has 1 aromatic heterocycles. The lowest BCUT2D eigenvalue weighted by Crippen LogP contribution is -2.33. The average Bonchev–Trinajstić information content (AvgIpc) is 3.09. The molecule has 0 bridgehead atoms. The lowest BCUT2D eigenvalue weighted by Gasteiger charge is -1.95. The molecule has 0 aliphatic carbocycles. The maximum Gasteiger partial charge on any atom is 0.194 e. The highest BCUT2D eigenvalue weighted by atomic mass is 32.1. The zero-order valence-electron chi connectivity index (χ0n) is 10.4. The van der Waals surface area contributed by atoms with Crippen molar-refractivity contribution in [3.63, 3.8) is 0 Å². The van der Waals surface area contributed by atoms with Crippen LogP contribution in [0.4, 0.5) is 0 Å². The summed E-state index contributed by atoms with van der Waals surface area (Å²) in [7, 11) is 0. The molecule has 19 heavy (non-hydrogen) atoms. The molecule has 3 aromatic rings. The van der Waals surface area contributed by atoms with Gasteiger partial charge in [-0.1, -0.05) is 18.2 Å². The van der Waals surface area contributed by atoms with E-state index in [2.05, 4.69) is 35.4 Å². The summed E-state index contributed by atoms with van der Waals surface area (Å²) in [4.78, 5) is 11.2. The van der Waals surface area contributed by atoms with Gasteiger partial charge in [0.1, 0.15) is 0 Å². The Hall–Kier alpha value is -1.87. The summed E-state index contributed by atoms with van der Waals surface area (Å²) >= 11 is 4.21. The predicted octanol–water partition coefficient (Wildman–Crippen LogP) is 2.46. The molecule has 0 radical (unpaired) electrons. The summed E-state index contributed by atoms with van der Waals surface area (Å²) in [6.45, 7) is 0.917. The fraction of sp³-hybridized carbons (Fsp3) is 0.125. The number of hydrogen-bond donors (Lipinski definition) is 1. The van der Waals surface area contributed by atoms with E-state index in [1.165, 1.54) is 0 Å². The SMILES string of the molecule is O=c1c2ccc(/C=C/c3cc[n+](CCS)cc3)cc12. The van der Waals surface area contributed by atoms with Gasteiger partial charge in [0.15, 0.2) is 24.4 Å². The molecule has 0 spiro atoms. The largest absolute Gasteiger partial charge is 0.289 e. The fourth-order valence-corrected chi connectivity index (χ4v) is 2.27. The molecule has 0 amide bonds. The van der Waals surface area contributed by atoms with Crippen molar-refractivity contribution in [2.24, 2.45) is 0 Å². The summed E-state index contributed by atoms with van der Waals surface area (Å²) in [6, 6.07) is 9.95. The number of pyridine rings is 1. The fourth-order valence-electron chi connectivity index (χ4n) is 2.04. The van der Waals surface area contributed by atoms with Crippen LogP contribution in [0.15, 0.2) is 47.5 Å². The third kappa shape index (κ3) is 2.61. The first-order chi connectivity index (χ1) is 9.28. The molecule has 3 heteroatoms. The number of aryl methyl sites for hydroxylation is 1. The van der Waals surface area contributed by atoms with Crippen molar-refractivity contribution < 1.29 is 4.57 Å². The zero-order valence-corrected chi connectivity index (χ0v) is 11.3. The van der Waals surface area contributed by atoms with Crippen LogP contribution in [0.2, 0.25) is 0 Å². The van der Waals surface area contributed by atoms with E-state index in [1.54, 1.807) is 0 Å². The van der Waals surface area contributed by atoms with Crippen molar-refractivity contribution in [3.8, 4) is 0 Å². The predicted molar refractivity (Wildman–Crippen MR) is 82.0 cm³/mol. The van der Waals surface area contributed by atoms with Gasteiger partial charge in [-0.3, -0.25) is 4.79 Å². The van der Waals surface area contributed by atoms with E-state index >= 15 is 0 Å². The van der Waals surface area contributed by atoms with Crippen molar-refractivity contribution in [1.29, 1.82) is 0 Å². The molecule has 0 atom stereocenters. The van der Waals surface area contributed by atoms with E-state index in [-0.39, 0.29) is 5.43 Å². The molecule has 0 aliphatic heterocycles. The second-order valence-electron chi connectivity index (χ2n) is 4.56. The van der Waals surface area contributed by atoms with Crippen LogP contribution in [0.5, 0.6) is 0 Å². The molecular weight excluding hydrogens is 254 g/mol. The Balaban J connectivity index is 1.76. The molecule has 3 rings (SSSR count). The number of thiol groups is 1. The molecule has 0 aliphatic rings. The molecule has 2 nitrogen and oxygen atoms in total. The number of benzene rings is 1. The zero-order chi connectivity index (χ0) is 13.2. The molecule has 2 aromatic carbocycles. The first kappa shape index (κ1) is 12.2. The monoisotopic (exact) mass is 268 g/mol. The van der Waals surface area contributed by atoms with Crippen LogP contribution in [-0.4, -0.2) is 5.75 Å². The van der Waals surface area contributed by atoms with Crippen LogP contribution in [0.3, 0.4) is 0 Å². The minimum absolute atomic E-state index is 0.187. The molecule has 0 saturated carbocycles. The second kappa shape index (κ2) is 5.02. The molecular formula is C16H14NOS+. The van der Waals surface area contributed by atoms with Gasteiger partial charge in [-0.2, -0.15) is 12.6 Å². The number of nitrogens with zero attached hydrogens (tertiary/aromatic N) is 1. The number of fused-ring (bicyclic) bond motifs is 1. The van der Waals surface area contributed by atoms with E-state index in [0.29, 0.717) is 0 Å². The van der Waals surface area contributed by atoms with Crippen LogP contribution >= 0.6 is 12.6 Å². The summed E-state index contributed by atoms with van der Waals surface area (Å²) in [6.07, 6.45) is 8.18. The van der Waals surface area contributed by atoms with Gasteiger partial charge < -0.3 is 0 Å². The number of aromatic nitrogens is 1. The normalized spacial score (nSPS) is 11.8. The Morgan fingerprint density at radius 3 is 2.42 bits per heavy atom. The van der Waals surface area contributed by atoms with Crippen molar-refractivity contribution in [2.45, 2.75) is 6.54 Å². The Kier molecular flexibility index (Phi) is 3.22. The van der Waals surface area contributed by atoms with Gasteiger partial charge in [-0.05, 0) is 23.3 Å². The standard InChI is InChI=1S/C16H13NOS/c18-16-14-4-3-13(11-15(14)16)2-1-12-5-7-17(8-6-12)9-10-19/h1-8,11H,9-10H2/p+1/b2-1+. The minimum Gasteiger partial charge on any atom is -0.289 e. The van der Waals surface area contributed by atoms with Gasteiger partial charge >= 0.3 is 0 Å². The quantitative estimate of drug-likeness (QED) is 0.569. The van der Waals surface area contributed by atoms with Crippen LogP contribution in [0, 0.1) is 0 Å². The van der Waals surface area contributed by atoms with Gasteiger partial charge in [0.2, 0.25) is 0 Å². The summed E-state index contributed by atoms with van der Waals surface area (Å²) in [5.74, 6) is 0.836. The van der Waals surface area contributed by atoms with Crippen molar-refractivity contribution >= 4 is 35.6 Å². The minimum atomic E-state index is 0.187. The molecule has 0 unspecified atom stereocenters. The van der Waals surface area contributed by atoms with Gasteiger partial charge in [0.25, 0.3) is 0 Å². The van der Waals surface area contributed by atoms with Crippen molar-refractivity contribution in [2.75, 3.05) is 5.75 Å². The van der Waals surface area contributed by atoms with Crippen molar-refractivity contribution in [1.82, 2.24) is 0 Å². The van der Waals surface area contributed by atoms with E-state index in [1.807, 2.05) is 36.7 Å². The van der Waals surface area contributed by atoms with Crippen LogP contribution in [0.25, 0.3) is 22.9 Å². The third-order valence-electron chi connectivity index (χ3n) is 3.21. The molecule has 0 saturated heterocycles. The highest BCUT2D eigenvalue weighted by Gasteiger charge is 2.10. The van der Waals surface area contributed by atoms with E-state index in [0.717, 1.165) is 34.2 Å². The Morgan fingerprint density at radius 2 is 1.74 bits per heavy atom. The average molecular weight is 268 g/mol. The van der Waals surface area contributed by atoms with Crippen molar-refractivity contribution in [3.05, 3.63) is 64.1 Å². The van der Waals surface area contributed by atoms with Crippen LogP contribution in [0.1, 0.15) is 11.1 Å². The number of hydrogen-bond acceptors (Lipinski definition) is 2. The van der Waals surface area contributed by atoms with Gasteiger partial charge in [-0.15, -0.1) is 0 Å². The smallest absolute Gasteiger partial charge is 0.194 e. The molecule has 0 N–H and O–H groups in total. The highest BCUT2D eigenvalue weighted by Crippen LogP contribution is 2.18. The Morgan fingerprint density at radius 1 is 1.00 bits per heavy atom. The molecule has 0 fully saturated rings. The first-order valence-corrected chi connectivity index (χ1v) is 6.88. The van der Waals surface area contributed by atoms with E-state index in [4.69, 9.17) is 0 Å². The molecule has 94 valence electrons. The lowest BCUT2D eigenvalue weighted by atomic mass is 10.1. The van der Waals surface area contributed by atoms with E-state index < -0.39 is 0 Å². The van der Waals surface area contributed by atoms with Gasteiger partial charge in [0.05, 0.1) is 0 Å². The topological polar surface area (TPSA) is 20.9 Å². The summed E-state index contributed by atoms with van der Waals surface area (Å²) in [5, 5.41) is 1.73. The lowest BCUT2D eigenvalue weighted by molar-refractivity contribution is -0.692. The summed E-state index contributed by atoms with van der Waals surface area (Å²) < 4.78 is 2.10. The second-order valence-corrected chi connectivity index (χ2v) is 5.01. The highest BCUT2D eigenvalue weighted by molar-refractivity contribution is 7.80. The van der Waals surface area contributed by atoms with Gasteiger partial charge in [0, 0.05) is 28.7 Å². The Bertz CT molecular complexity index is 749. The maximum atomic E-state index is 11.2. The third-order valence-corrected chi connectivity index (χ3v) is 3.41. The maximum absolute atomic E-state index is 11.2. The Labute approximate surface area is 117 Å². The molecule has 1 heterocycles. The summed E-state index contributed by atoms with van der Waals surface area (Å²) in [5.41, 5.74) is 2.40. The van der Waals surface area contributed by atoms with Crippen LogP contribution in [-0.2, 0) is 6.54 Å². The number of rotatable bonds is 4. The van der Waals surface area contributed by atoms with Gasteiger partial charge in [-0.25, -0.2) is 4.57 Å². The van der Waals surface area contributed by atoms with Crippen LogP contribution < -0.4 is 10.00 Å². The van der Waals surface area contributed by atoms with E-state index in [9.17, 15) is 4.79 Å². The first-order valence-electron chi connectivity index (χ1n) is 6.25.